The summed E-state index contributed by atoms with van der Waals surface area (Å²) in [6.07, 6.45) is 5.72. The number of carbonyl (C=O) groups is 1. The molecule has 0 aliphatic heterocycles. The second-order valence-corrected chi connectivity index (χ2v) is 5.37. The molecule has 0 radical (unpaired) electrons. The second-order valence-electron chi connectivity index (χ2n) is 5.37. The lowest BCUT2D eigenvalue weighted by Crippen LogP contribution is -2.35. The molecule has 5 nitrogen and oxygen atoms in total. The Hall–Kier alpha value is -2.30. The number of fused-ring (bicyclic) bond motifs is 1. The van der Waals surface area contributed by atoms with Gasteiger partial charge in [0, 0.05) is 12.2 Å². The minimum absolute atomic E-state index is 0.155. The number of ether oxygens (including phenoxy) is 1. The molecule has 1 heterocycles. The number of aromatic amines is 1. The van der Waals surface area contributed by atoms with Gasteiger partial charge in [-0.05, 0) is 25.0 Å². The van der Waals surface area contributed by atoms with Gasteiger partial charge in [0.1, 0.15) is 11.3 Å². The fourth-order valence-electron chi connectivity index (χ4n) is 2.90. The van der Waals surface area contributed by atoms with Crippen LogP contribution >= 0.6 is 0 Å². The number of pyridine rings is 1. The van der Waals surface area contributed by atoms with Crippen LogP contribution in [0.2, 0.25) is 0 Å². The van der Waals surface area contributed by atoms with Gasteiger partial charge in [0.25, 0.3) is 5.91 Å². The van der Waals surface area contributed by atoms with E-state index in [0.29, 0.717) is 16.7 Å². The molecule has 1 aromatic carbocycles. The molecule has 1 aliphatic rings. The van der Waals surface area contributed by atoms with Crippen molar-refractivity contribution in [1.29, 1.82) is 0 Å². The number of rotatable bonds is 3. The summed E-state index contributed by atoms with van der Waals surface area (Å²) < 4.78 is 5.22. The number of para-hydroxylation sites is 1. The maximum absolute atomic E-state index is 12.5. The van der Waals surface area contributed by atoms with Crippen LogP contribution in [0.25, 0.3) is 10.9 Å². The number of H-pyrrole nitrogens is 1. The van der Waals surface area contributed by atoms with E-state index in [2.05, 4.69) is 10.3 Å². The van der Waals surface area contributed by atoms with Gasteiger partial charge < -0.3 is 15.0 Å². The lowest BCUT2D eigenvalue weighted by molar-refractivity contribution is 0.0936. The van der Waals surface area contributed by atoms with Crippen molar-refractivity contribution in [2.75, 3.05) is 7.11 Å². The van der Waals surface area contributed by atoms with E-state index in [-0.39, 0.29) is 22.9 Å². The molecule has 2 N–H and O–H groups in total. The van der Waals surface area contributed by atoms with Crippen molar-refractivity contribution in [3.8, 4) is 5.75 Å². The fourth-order valence-corrected chi connectivity index (χ4v) is 2.90. The van der Waals surface area contributed by atoms with Crippen LogP contribution in [-0.4, -0.2) is 24.0 Å². The molecular formula is C16H18N2O3. The largest absolute Gasteiger partial charge is 0.495 e. The molecule has 0 unspecified atom stereocenters. The number of hydrogen-bond donors (Lipinski definition) is 2. The minimum atomic E-state index is -0.298. The summed E-state index contributed by atoms with van der Waals surface area (Å²) in [6, 6.07) is 5.41. The topological polar surface area (TPSA) is 71.2 Å². The Morgan fingerprint density at radius 3 is 2.81 bits per heavy atom. The first-order valence-corrected chi connectivity index (χ1v) is 7.20. The third kappa shape index (κ3) is 2.51. The van der Waals surface area contributed by atoms with Crippen molar-refractivity contribution in [3.05, 3.63) is 40.2 Å². The van der Waals surface area contributed by atoms with E-state index in [1.165, 1.54) is 6.20 Å². The third-order valence-electron chi connectivity index (χ3n) is 4.03. The molecule has 21 heavy (non-hydrogen) atoms. The quantitative estimate of drug-likeness (QED) is 0.908. The van der Waals surface area contributed by atoms with Gasteiger partial charge in [-0.1, -0.05) is 18.9 Å². The zero-order valence-corrected chi connectivity index (χ0v) is 11.9. The Balaban J connectivity index is 1.98. The Morgan fingerprint density at radius 2 is 2.10 bits per heavy atom. The summed E-state index contributed by atoms with van der Waals surface area (Å²) in [4.78, 5) is 27.7. The summed E-state index contributed by atoms with van der Waals surface area (Å²) in [5.41, 5.74) is 0.503. The number of benzene rings is 1. The summed E-state index contributed by atoms with van der Waals surface area (Å²) in [6.45, 7) is 0. The second kappa shape index (κ2) is 5.60. The van der Waals surface area contributed by atoms with E-state index in [1.807, 2.05) is 0 Å². The summed E-state index contributed by atoms with van der Waals surface area (Å²) in [5, 5.41) is 3.41. The maximum Gasteiger partial charge on any atom is 0.256 e. The van der Waals surface area contributed by atoms with Crippen molar-refractivity contribution >= 4 is 16.8 Å². The van der Waals surface area contributed by atoms with Gasteiger partial charge in [0.15, 0.2) is 0 Å². The van der Waals surface area contributed by atoms with Crippen molar-refractivity contribution in [2.24, 2.45) is 0 Å². The first-order valence-electron chi connectivity index (χ1n) is 7.20. The first kappa shape index (κ1) is 13.7. The molecule has 1 amide bonds. The molecule has 0 spiro atoms. The van der Waals surface area contributed by atoms with Crippen LogP contribution in [0.4, 0.5) is 0 Å². The Morgan fingerprint density at radius 1 is 1.33 bits per heavy atom. The van der Waals surface area contributed by atoms with E-state index >= 15 is 0 Å². The molecule has 1 aromatic heterocycles. The minimum Gasteiger partial charge on any atom is -0.495 e. The highest BCUT2D eigenvalue weighted by atomic mass is 16.5. The van der Waals surface area contributed by atoms with E-state index in [1.54, 1.807) is 25.3 Å². The molecule has 2 aromatic rings. The highest BCUT2D eigenvalue weighted by Gasteiger charge is 2.20. The van der Waals surface area contributed by atoms with Crippen molar-refractivity contribution in [1.82, 2.24) is 10.3 Å². The monoisotopic (exact) mass is 286 g/mol. The standard InChI is InChI=1S/C16H18N2O3/c1-21-13-8-4-7-11-14(13)17-9-12(15(11)19)16(20)18-10-5-2-3-6-10/h4,7-10H,2-3,5-6H2,1H3,(H,17,19)(H,18,20). The van der Waals surface area contributed by atoms with E-state index in [4.69, 9.17) is 4.74 Å². The number of hydrogen-bond acceptors (Lipinski definition) is 3. The third-order valence-corrected chi connectivity index (χ3v) is 4.03. The van der Waals surface area contributed by atoms with Gasteiger partial charge in [-0.2, -0.15) is 0 Å². The van der Waals surface area contributed by atoms with Crippen LogP contribution in [0.5, 0.6) is 5.75 Å². The predicted molar refractivity (Wildman–Crippen MR) is 80.8 cm³/mol. The first-order chi connectivity index (χ1) is 10.2. The van der Waals surface area contributed by atoms with Crippen molar-refractivity contribution in [2.45, 2.75) is 31.7 Å². The SMILES string of the molecule is COc1cccc2c(=O)c(C(=O)NC3CCCC3)c[nH]c12. The zero-order valence-electron chi connectivity index (χ0n) is 11.9. The van der Waals surface area contributed by atoms with Crippen LogP contribution in [0.1, 0.15) is 36.0 Å². The van der Waals surface area contributed by atoms with Gasteiger partial charge in [0.05, 0.1) is 18.0 Å². The smallest absolute Gasteiger partial charge is 0.256 e. The van der Waals surface area contributed by atoms with Crippen LogP contribution < -0.4 is 15.5 Å². The van der Waals surface area contributed by atoms with E-state index < -0.39 is 0 Å². The van der Waals surface area contributed by atoms with E-state index in [9.17, 15) is 9.59 Å². The zero-order chi connectivity index (χ0) is 14.8. The average Bonchev–Trinajstić information content (AvgIpc) is 3.00. The van der Waals surface area contributed by atoms with Gasteiger partial charge in [0.2, 0.25) is 5.43 Å². The molecule has 1 fully saturated rings. The molecule has 0 atom stereocenters. The van der Waals surface area contributed by atoms with Crippen LogP contribution in [0.15, 0.2) is 29.2 Å². The normalized spacial score (nSPS) is 15.3. The number of nitrogens with one attached hydrogen (secondary N) is 2. The fraction of sp³-hybridized carbons (Fsp3) is 0.375. The highest BCUT2D eigenvalue weighted by Crippen LogP contribution is 2.21. The van der Waals surface area contributed by atoms with Crippen LogP contribution in [-0.2, 0) is 0 Å². The highest BCUT2D eigenvalue weighted by molar-refractivity contribution is 5.98. The van der Waals surface area contributed by atoms with E-state index in [0.717, 1.165) is 25.7 Å². The van der Waals surface area contributed by atoms with Crippen molar-refractivity contribution in [3.63, 3.8) is 0 Å². The van der Waals surface area contributed by atoms with Gasteiger partial charge in [-0.3, -0.25) is 9.59 Å². The molecule has 0 saturated heterocycles. The number of carbonyl (C=O) groups excluding carboxylic acids is 1. The summed E-state index contributed by atoms with van der Waals surface area (Å²) >= 11 is 0. The molecule has 1 saturated carbocycles. The maximum atomic E-state index is 12.5. The van der Waals surface area contributed by atoms with Crippen molar-refractivity contribution < 1.29 is 9.53 Å². The molecule has 3 rings (SSSR count). The number of methoxy groups -OCH3 is 1. The van der Waals surface area contributed by atoms with Gasteiger partial charge >= 0.3 is 0 Å². The number of aromatic nitrogens is 1. The number of amides is 1. The Bertz CT molecular complexity index is 730. The lowest BCUT2D eigenvalue weighted by Gasteiger charge is -2.12. The summed E-state index contributed by atoms with van der Waals surface area (Å²) in [5.74, 6) is 0.292. The molecular weight excluding hydrogens is 268 g/mol. The Kier molecular flexibility index (Phi) is 3.64. The molecule has 0 bridgehead atoms. The predicted octanol–water partition coefficient (Wildman–Crippen LogP) is 2.21. The molecule has 1 aliphatic carbocycles. The van der Waals surface area contributed by atoms with Crippen LogP contribution in [0, 0.1) is 0 Å². The molecule has 110 valence electrons. The summed E-state index contributed by atoms with van der Waals surface area (Å²) in [7, 11) is 1.55. The molecule has 5 heteroatoms. The van der Waals surface area contributed by atoms with Crippen LogP contribution in [0.3, 0.4) is 0 Å². The lowest BCUT2D eigenvalue weighted by atomic mass is 10.1. The Labute approximate surface area is 122 Å². The average molecular weight is 286 g/mol. The van der Waals surface area contributed by atoms with Gasteiger partial charge in [-0.15, -0.1) is 0 Å². The van der Waals surface area contributed by atoms with Gasteiger partial charge in [-0.25, -0.2) is 0 Å².